The summed E-state index contributed by atoms with van der Waals surface area (Å²) in [7, 11) is 3.75. The summed E-state index contributed by atoms with van der Waals surface area (Å²) in [5, 5.41) is 21.5. The first-order valence-electron chi connectivity index (χ1n) is 12.0. The largest absolute Gasteiger partial charge is 0.416 e. The van der Waals surface area contributed by atoms with Gasteiger partial charge in [0.05, 0.1) is 0 Å². The fourth-order valence-corrected chi connectivity index (χ4v) is 2.15. The number of hydrogen-bond acceptors (Lipinski definition) is 3. The molecule has 2 atom stereocenters. The smallest absolute Gasteiger partial charge is 0.381 e. The molecule has 36 heavy (non-hydrogen) atoms. The van der Waals surface area contributed by atoms with Crippen LogP contribution in [-0.4, -0.2) is 47.9 Å². The second kappa shape index (κ2) is 14.5. The van der Waals surface area contributed by atoms with Crippen LogP contribution in [0.15, 0.2) is 0 Å². The summed E-state index contributed by atoms with van der Waals surface area (Å²) >= 11 is 0. The predicted octanol–water partition coefficient (Wildman–Crippen LogP) is 8.76. The van der Waals surface area contributed by atoms with Gasteiger partial charge in [0.2, 0.25) is 0 Å². The van der Waals surface area contributed by atoms with Crippen LogP contribution in [0.25, 0.3) is 0 Å². The van der Waals surface area contributed by atoms with E-state index in [1.165, 1.54) is 0 Å². The third-order valence-corrected chi connectivity index (χ3v) is 7.76. The maximum Gasteiger partial charge on any atom is 0.416 e. The molecule has 0 saturated carbocycles. The molecule has 0 aliphatic heterocycles. The molecule has 0 rings (SSSR count). The average Bonchev–Trinajstić information content (AvgIpc) is 2.56. The Morgan fingerprint density at radius 2 is 0.639 bits per heavy atom. The summed E-state index contributed by atoms with van der Waals surface area (Å²) in [6.07, 6.45) is -8.96. The van der Waals surface area contributed by atoms with E-state index < -0.39 is 23.6 Å². The normalized spacial score (nSPS) is 16.8. The lowest BCUT2D eigenvalue weighted by Gasteiger charge is -2.41. The van der Waals surface area contributed by atoms with Crippen molar-refractivity contribution >= 4 is 24.0 Å². The van der Waals surface area contributed by atoms with E-state index in [0.717, 1.165) is 13.8 Å². The molecule has 3 nitrogen and oxygen atoms in total. The van der Waals surface area contributed by atoms with E-state index in [4.69, 9.17) is 0 Å². The highest BCUT2D eigenvalue weighted by molar-refractivity contribution is 14.0. The van der Waals surface area contributed by atoms with E-state index in [0.29, 0.717) is 12.8 Å². The Morgan fingerprint density at radius 1 is 0.472 bits per heavy atom. The molecular weight excluding hydrogens is 599 g/mol. The van der Waals surface area contributed by atoms with Gasteiger partial charge in [-0.2, -0.15) is 26.3 Å². The summed E-state index contributed by atoms with van der Waals surface area (Å²) in [5.41, 5.74) is -5.85. The molecule has 0 heterocycles. The van der Waals surface area contributed by atoms with Crippen molar-refractivity contribution < 1.29 is 36.6 Å². The Morgan fingerprint density at radius 3 is 0.750 bits per heavy atom. The Bertz CT molecular complexity index is 496. The number of halogens is 7. The number of hydrogen-bond donors (Lipinski definition) is 3. The second-order valence-electron chi connectivity index (χ2n) is 13.3. The van der Waals surface area contributed by atoms with Crippen molar-refractivity contribution in [3.05, 3.63) is 0 Å². The quantitative estimate of drug-likeness (QED) is 0.199. The lowest BCUT2D eigenvalue weighted by Crippen LogP contribution is -2.43. The van der Waals surface area contributed by atoms with Crippen LogP contribution in [0.5, 0.6) is 0 Å². The first-order chi connectivity index (χ1) is 14.8. The van der Waals surface area contributed by atoms with Gasteiger partial charge in [0.15, 0.2) is 11.2 Å². The van der Waals surface area contributed by atoms with E-state index in [1.807, 2.05) is 83.3 Å². The van der Waals surface area contributed by atoms with Gasteiger partial charge in [-0.15, -0.1) is 24.0 Å². The molecule has 3 N–H and O–H groups in total. The molecule has 0 aliphatic carbocycles. The Labute approximate surface area is 233 Å². The van der Waals surface area contributed by atoms with Crippen molar-refractivity contribution in [1.82, 2.24) is 5.32 Å². The van der Waals surface area contributed by atoms with Gasteiger partial charge in [0.25, 0.3) is 0 Å². The molecule has 0 radical (unpaired) electrons. The zero-order valence-corrected chi connectivity index (χ0v) is 27.2. The molecule has 10 heteroatoms. The predicted molar refractivity (Wildman–Crippen MR) is 149 cm³/mol. The Kier molecular flexibility index (Phi) is 17.5. The van der Waals surface area contributed by atoms with E-state index >= 15 is 0 Å². The SMILES string of the molecule is CC(C)(C)C(C)(C)CCC(C)(O)C(F)(F)F.CC(C)(C)C(C)(C)CCC(C)(O)C(F)(F)F.CNC.I. The second-order valence-corrected chi connectivity index (χ2v) is 13.3. The van der Waals surface area contributed by atoms with Gasteiger partial charge in [0, 0.05) is 0 Å². The van der Waals surface area contributed by atoms with E-state index in [9.17, 15) is 36.6 Å². The van der Waals surface area contributed by atoms with Crippen LogP contribution >= 0.6 is 24.0 Å². The molecule has 0 amide bonds. The summed E-state index contributed by atoms with van der Waals surface area (Å²) in [5.74, 6) is 0. The fraction of sp³-hybridized carbons (Fsp3) is 1.00. The van der Waals surface area contributed by atoms with Gasteiger partial charge in [-0.1, -0.05) is 69.2 Å². The highest BCUT2D eigenvalue weighted by atomic mass is 127. The van der Waals surface area contributed by atoms with Crippen LogP contribution in [0.4, 0.5) is 26.3 Å². The molecule has 0 aromatic carbocycles. The molecular formula is C26H54F6INO2. The summed E-state index contributed by atoms with van der Waals surface area (Å²) in [6, 6.07) is 0. The van der Waals surface area contributed by atoms with E-state index in [2.05, 4.69) is 5.32 Å². The van der Waals surface area contributed by atoms with Crippen LogP contribution in [0.3, 0.4) is 0 Å². The van der Waals surface area contributed by atoms with Gasteiger partial charge in [0.1, 0.15) is 0 Å². The molecule has 2 unspecified atom stereocenters. The molecule has 0 fully saturated rings. The van der Waals surface area contributed by atoms with Crippen LogP contribution < -0.4 is 5.32 Å². The summed E-state index contributed by atoms with van der Waals surface area (Å²) in [6.45, 7) is 21.4. The first-order valence-corrected chi connectivity index (χ1v) is 12.0. The van der Waals surface area contributed by atoms with Crippen molar-refractivity contribution in [2.24, 2.45) is 21.7 Å². The number of nitrogens with one attached hydrogen (secondary N) is 1. The minimum absolute atomic E-state index is 0. The number of rotatable bonds is 6. The third-order valence-electron chi connectivity index (χ3n) is 7.76. The Hall–Kier alpha value is 0.190. The minimum atomic E-state index is -4.55. The average molecular weight is 654 g/mol. The zero-order valence-electron chi connectivity index (χ0n) is 24.9. The van der Waals surface area contributed by atoms with Crippen molar-refractivity contribution in [1.29, 1.82) is 0 Å². The highest BCUT2D eigenvalue weighted by Gasteiger charge is 2.51. The van der Waals surface area contributed by atoms with Gasteiger partial charge in [-0.25, -0.2) is 0 Å². The highest BCUT2D eigenvalue weighted by Crippen LogP contribution is 2.46. The van der Waals surface area contributed by atoms with Crippen molar-refractivity contribution in [3.63, 3.8) is 0 Å². The topological polar surface area (TPSA) is 52.5 Å². The molecule has 0 bridgehead atoms. The van der Waals surface area contributed by atoms with Crippen LogP contribution in [0.1, 0.15) is 109 Å². The maximum absolute atomic E-state index is 12.5. The van der Waals surface area contributed by atoms with E-state index in [-0.39, 0.29) is 58.5 Å². The number of aliphatic hydroxyl groups is 2. The zero-order chi connectivity index (χ0) is 29.5. The first kappa shape index (κ1) is 43.2. The van der Waals surface area contributed by atoms with Gasteiger partial charge in [-0.05, 0) is 75.3 Å². The molecule has 224 valence electrons. The van der Waals surface area contributed by atoms with Crippen LogP contribution in [0.2, 0.25) is 0 Å². The third kappa shape index (κ3) is 15.0. The van der Waals surface area contributed by atoms with E-state index in [1.54, 1.807) is 0 Å². The fourth-order valence-electron chi connectivity index (χ4n) is 2.15. The monoisotopic (exact) mass is 653 g/mol. The maximum atomic E-state index is 12.5. The van der Waals surface area contributed by atoms with Crippen molar-refractivity contribution in [3.8, 4) is 0 Å². The lowest BCUT2D eigenvalue weighted by molar-refractivity contribution is -0.257. The van der Waals surface area contributed by atoms with Crippen LogP contribution in [0, 0.1) is 21.7 Å². The van der Waals surface area contributed by atoms with Gasteiger partial charge < -0.3 is 15.5 Å². The molecule has 0 aromatic rings. The summed E-state index contributed by atoms with van der Waals surface area (Å²) in [4.78, 5) is 0. The number of alkyl halides is 6. The standard InChI is InChI=1S/2C12H23F3O.C2H7N.HI/c2*1-9(2,3)10(4,5)7-8-11(6,16)12(13,14)15;1-3-2;/h2*16H,7-8H2,1-6H3;3H,1-2H3;1H. The van der Waals surface area contributed by atoms with Crippen molar-refractivity contribution in [2.45, 2.75) is 132 Å². The van der Waals surface area contributed by atoms with Crippen molar-refractivity contribution in [2.75, 3.05) is 14.1 Å². The Balaban J connectivity index is -0.000000250. The molecule has 0 saturated heterocycles. The minimum Gasteiger partial charge on any atom is -0.381 e. The molecule has 0 spiro atoms. The molecule has 0 aliphatic rings. The summed E-state index contributed by atoms with van der Waals surface area (Å²) < 4.78 is 74.7. The van der Waals surface area contributed by atoms with Crippen LogP contribution in [-0.2, 0) is 0 Å². The van der Waals surface area contributed by atoms with Gasteiger partial charge in [-0.3, -0.25) is 0 Å². The molecule has 0 aromatic heterocycles. The lowest BCUT2D eigenvalue weighted by atomic mass is 9.66. The van der Waals surface area contributed by atoms with Gasteiger partial charge >= 0.3 is 12.4 Å².